The molecule has 0 aliphatic rings. The molecule has 0 N–H and O–H groups in total. The zero-order chi connectivity index (χ0) is 9.40. The van der Waals surface area contributed by atoms with Gasteiger partial charge >= 0.3 is 0 Å². The van der Waals surface area contributed by atoms with Crippen LogP contribution < -0.4 is 0 Å². The molecular formula is C11H15N. The van der Waals surface area contributed by atoms with Gasteiger partial charge in [-0.2, -0.15) is 0 Å². The summed E-state index contributed by atoms with van der Waals surface area (Å²) in [4.78, 5) is 4.08. The van der Waals surface area contributed by atoms with E-state index in [4.69, 9.17) is 0 Å². The normalized spacial score (nSPS) is 13.5. The Morgan fingerprint density at radius 2 is 2.00 bits per heavy atom. The molecule has 0 aromatic carbocycles. The van der Waals surface area contributed by atoms with Gasteiger partial charge in [0.05, 0.1) is 0 Å². The van der Waals surface area contributed by atoms with Crippen molar-refractivity contribution >= 4 is 5.71 Å². The van der Waals surface area contributed by atoms with Gasteiger partial charge in [0, 0.05) is 11.9 Å². The topological polar surface area (TPSA) is 12.4 Å². The monoisotopic (exact) mass is 161 g/mol. The van der Waals surface area contributed by atoms with Crippen LogP contribution in [0.4, 0.5) is 0 Å². The molecule has 0 rings (SSSR count). The molecule has 0 atom stereocenters. The Morgan fingerprint density at radius 3 is 2.42 bits per heavy atom. The summed E-state index contributed by atoms with van der Waals surface area (Å²) in [6.45, 7) is 11.1. The van der Waals surface area contributed by atoms with Crippen LogP contribution in [-0.2, 0) is 0 Å². The van der Waals surface area contributed by atoms with E-state index >= 15 is 0 Å². The lowest BCUT2D eigenvalue weighted by atomic mass is 10.1. The van der Waals surface area contributed by atoms with Crippen LogP contribution in [-0.4, -0.2) is 5.71 Å². The summed E-state index contributed by atoms with van der Waals surface area (Å²) in [6.07, 6.45) is 9.16. The number of allylic oxidation sites excluding steroid dienone is 5. The van der Waals surface area contributed by atoms with E-state index in [2.05, 4.69) is 18.2 Å². The molecule has 0 aliphatic carbocycles. The van der Waals surface area contributed by atoms with Crippen molar-refractivity contribution in [2.24, 2.45) is 4.99 Å². The van der Waals surface area contributed by atoms with Gasteiger partial charge in [-0.1, -0.05) is 37.5 Å². The lowest BCUT2D eigenvalue weighted by molar-refractivity contribution is 1.51. The lowest BCUT2D eigenvalue weighted by Crippen LogP contribution is -1.92. The molecule has 0 unspecified atom stereocenters. The molecule has 1 nitrogen and oxygen atoms in total. The Morgan fingerprint density at radius 1 is 1.33 bits per heavy atom. The lowest BCUT2D eigenvalue weighted by Gasteiger charge is -1.97. The first-order valence-corrected chi connectivity index (χ1v) is 3.87. The maximum Gasteiger partial charge on any atom is 0.0444 e. The van der Waals surface area contributed by atoms with Crippen molar-refractivity contribution in [3.63, 3.8) is 0 Å². The fourth-order valence-electron chi connectivity index (χ4n) is 0.815. The molecule has 64 valence electrons. The zero-order valence-electron chi connectivity index (χ0n) is 7.75. The SMILES string of the molecule is C=C/C=C(\C=C/C)C(/C)=N/C=C. The molecule has 0 spiro atoms. The fraction of sp³-hybridized carbons (Fsp3) is 0.182. The van der Waals surface area contributed by atoms with Crippen LogP contribution in [0.15, 0.2) is 54.2 Å². The van der Waals surface area contributed by atoms with Crippen molar-refractivity contribution in [1.29, 1.82) is 0 Å². The zero-order valence-corrected chi connectivity index (χ0v) is 7.75. The summed E-state index contributed by atoms with van der Waals surface area (Å²) in [5.74, 6) is 0. The number of hydrogen-bond acceptors (Lipinski definition) is 1. The Kier molecular flexibility index (Phi) is 5.62. The van der Waals surface area contributed by atoms with Crippen molar-refractivity contribution in [2.75, 3.05) is 0 Å². The van der Waals surface area contributed by atoms with Gasteiger partial charge in [-0.25, -0.2) is 0 Å². The third kappa shape index (κ3) is 3.71. The average molecular weight is 161 g/mol. The molecule has 0 saturated heterocycles. The van der Waals surface area contributed by atoms with Gasteiger partial charge in [-0.15, -0.1) is 0 Å². The molecule has 0 aromatic heterocycles. The Hall–Kier alpha value is -1.37. The van der Waals surface area contributed by atoms with Crippen LogP contribution >= 0.6 is 0 Å². The van der Waals surface area contributed by atoms with Crippen molar-refractivity contribution < 1.29 is 0 Å². The fourth-order valence-corrected chi connectivity index (χ4v) is 0.815. The van der Waals surface area contributed by atoms with Crippen LogP contribution in [0, 0.1) is 0 Å². The highest BCUT2D eigenvalue weighted by Gasteiger charge is 1.92. The summed E-state index contributed by atoms with van der Waals surface area (Å²) in [5.41, 5.74) is 2.01. The maximum absolute atomic E-state index is 4.08. The number of nitrogens with zero attached hydrogens (tertiary/aromatic N) is 1. The van der Waals surface area contributed by atoms with E-state index in [0.29, 0.717) is 0 Å². The maximum atomic E-state index is 4.08. The van der Waals surface area contributed by atoms with Crippen molar-refractivity contribution in [2.45, 2.75) is 13.8 Å². The molecule has 12 heavy (non-hydrogen) atoms. The van der Waals surface area contributed by atoms with Crippen LogP contribution in [0.5, 0.6) is 0 Å². The highest BCUT2D eigenvalue weighted by atomic mass is 14.7. The molecule has 0 aromatic rings. The second kappa shape index (κ2) is 6.35. The van der Waals surface area contributed by atoms with E-state index in [9.17, 15) is 0 Å². The number of hydrogen-bond donors (Lipinski definition) is 0. The van der Waals surface area contributed by atoms with E-state index in [0.717, 1.165) is 11.3 Å². The van der Waals surface area contributed by atoms with Gasteiger partial charge in [-0.3, -0.25) is 4.99 Å². The number of rotatable bonds is 4. The van der Waals surface area contributed by atoms with Crippen LogP contribution in [0.1, 0.15) is 13.8 Å². The van der Waals surface area contributed by atoms with Gasteiger partial charge in [0.15, 0.2) is 0 Å². The highest BCUT2D eigenvalue weighted by Crippen LogP contribution is 2.01. The summed E-state index contributed by atoms with van der Waals surface area (Å²) < 4.78 is 0. The molecule has 0 heterocycles. The minimum absolute atomic E-state index is 0.947. The average Bonchev–Trinajstić information content (AvgIpc) is 2.04. The quantitative estimate of drug-likeness (QED) is 0.443. The Labute approximate surface area is 74.5 Å². The summed E-state index contributed by atoms with van der Waals surface area (Å²) in [5, 5.41) is 0. The predicted octanol–water partition coefficient (Wildman–Crippen LogP) is 3.28. The molecule has 0 saturated carbocycles. The highest BCUT2D eigenvalue weighted by molar-refractivity contribution is 6.01. The largest absolute Gasteiger partial charge is 0.262 e. The first kappa shape index (κ1) is 10.6. The van der Waals surface area contributed by atoms with E-state index in [-0.39, 0.29) is 0 Å². The minimum atomic E-state index is 0.947. The summed E-state index contributed by atoms with van der Waals surface area (Å²) in [6, 6.07) is 0. The van der Waals surface area contributed by atoms with Gasteiger partial charge in [0.1, 0.15) is 0 Å². The second-order valence-electron chi connectivity index (χ2n) is 2.25. The smallest absolute Gasteiger partial charge is 0.0444 e. The van der Waals surface area contributed by atoms with Crippen molar-refractivity contribution in [3.8, 4) is 0 Å². The van der Waals surface area contributed by atoms with Gasteiger partial charge in [0.25, 0.3) is 0 Å². The van der Waals surface area contributed by atoms with E-state index in [1.807, 2.05) is 32.1 Å². The molecule has 1 heteroatoms. The molecule has 0 radical (unpaired) electrons. The summed E-state index contributed by atoms with van der Waals surface area (Å²) in [7, 11) is 0. The second-order valence-corrected chi connectivity index (χ2v) is 2.25. The van der Waals surface area contributed by atoms with E-state index < -0.39 is 0 Å². The first-order valence-electron chi connectivity index (χ1n) is 3.87. The third-order valence-electron chi connectivity index (χ3n) is 1.35. The molecule has 0 amide bonds. The van der Waals surface area contributed by atoms with Crippen molar-refractivity contribution in [3.05, 3.63) is 49.2 Å². The van der Waals surface area contributed by atoms with Gasteiger partial charge in [-0.05, 0) is 19.4 Å². The third-order valence-corrected chi connectivity index (χ3v) is 1.35. The van der Waals surface area contributed by atoms with Crippen LogP contribution in [0.3, 0.4) is 0 Å². The van der Waals surface area contributed by atoms with Gasteiger partial charge < -0.3 is 0 Å². The van der Waals surface area contributed by atoms with Gasteiger partial charge in [0.2, 0.25) is 0 Å². The Bertz CT molecular complexity index is 242. The molecule has 0 fully saturated rings. The number of aliphatic imine (C=N–C) groups is 1. The van der Waals surface area contributed by atoms with Crippen LogP contribution in [0.2, 0.25) is 0 Å². The Balaban J connectivity index is 4.73. The molecule has 0 bridgehead atoms. The van der Waals surface area contributed by atoms with Crippen molar-refractivity contribution in [1.82, 2.24) is 0 Å². The van der Waals surface area contributed by atoms with Crippen LogP contribution in [0.25, 0.3) is 0 Å². The standard InChI is InChI=1S/C11H15N/c1-5-8-11(9-6-2)10(4)12-7-3/h5-9H,1,3H2,2,4H3/b9-6-,11-8+,12-10+. The van der Waals surface area contributed by atoms with E-state index in [1.54, 1.807) is 6.08 Å². The summed E-state index contributed by atoms with van der Waals surface area (Å²) >= 11 is 0. The molecule has 0 aliphatic heterocycles. The van der Waals surface area contributed by atoms with E-state index in [1.165, 1.54) is 6.20 Å². The predicted molar refractivity (Wildman–Crippen MR) is 56.4 cm³/mol. The first-order chi connectivity index (χ1) is 5.76. The minimum Gasteiger partial charge on any atom is -0.262 e. The molecular weight excluding hydrogens is 146 g/mol.